The van der Waals surface area contributed by atoms with Gasteiger partial charge >= 0.3 is 11.9 Å². The highest BCUT2D eigenvalue weighted by Gasteiger charge is 2.60. The summed E-state index contributed by atoms with van der Waals surface area (Å²) in [6.07, 6.45) is 6.91. The molecule has 0 radical (unpaired) electrons. The maximum absolute atomic E-state index is 10.9. The summed E-state index contributed by atoms with van der Waals surface area (Å²) in [5.41, 5.74) is 1.41. The zero-order chi connectivity index (χ0) is 22.9. The first-order valence-electron chi connectivity index (χ1n) is 11.0. The lowest BCUT2D eigenvalue weighted by Crippen LogP contribution is -2.31. The van der Waals surface area contributed by atoms with Crippen LogP contribution in [0.2, 0.25) is 0 Å². The highest BCUT2D eigenvalue weighted by Crippen LogP contribution is 2.68. The molecule has 2 aliphatic carbocycles. The fourth-order valence-electron chi connectivity index (χ4n) is 4.75. The van der Waals surface area contributed by atoms with Crippen molar-refractivity contribution in [2.75, 3.05) is 26.4 Å². The Bertz CT molecular complexity index is 636. The number of carbonyl (C=O) groups is 2. The van der Waals surface area contributed by atoms with E-state index in [0.29, 0.717) is 61.6 Å². The Kier molecular flexibility index (Phi) is 10.2. The van der Waals surface area contributed by atoms with Crippen LogP contribution in [0.15, 0.2) is 23.8 Å². The van der Waals surface area contributed by atoms with E-state index in [1.807, 2.05) is 13.0 Å². The zero-order valence-electron chi connectivity index (χ0n) is 19.3. The van der Waals surface area contributed by atoms with Crippen molar-refractivity contribution < 1.29 is 29.3 Å². The number of allylic oxidation sites excluding steroid dienone is 1. The summed E-state index contributed by atoms with van der Waals surface area (Å²) in [7, 11) is 0. The quantitative estimate of drug-likeness (QED) is 0.360. The standard InChI is InChI=1S/C14H22O2.C10H18O4/c1-9(12(15)16)7-11-8-10-5-6-14(11,4)13(10,2)3;1-3-13-7-8-14-6-4-5-9(2)10(11)12/h7,10-11H,5-6,8H2,1-4H3,(H,15,16);2-8H2,1H3,(H,11,12). The third-order valence-corrected chi connectivity index (χ3v) is 7.30. The number of hydrogen-bond donors (Lipinski definition) is 2. The van der Waals surface area contributed by atoms with Crippen molar-refractivity contribution in [3.8, 4) is 0 Å². The molecule has 0 aromatic carbocycles. The van der Waals surface area contributed by atoms with Crippen LogP contribution < -0.4 is 0 Å². The van der Waals surface area contributed by atoms with Crippen molar-refractivity contribution in [3.05, 3.63) is 23.8 Å². The fraction of sp³-hybridized carbons (Fsp3) is 0.750. The Morgan fingerprint density at radius 2 is 1.73 bits per heavy atom. The van der Waals surface area contributed by atoms with Crippen molar-refractivity contribution in [1.29, 1.82) is 0 Å². The molecule has 0 amide bonds. The number of ether oxygens (including phenoxy) is 2. The summed E-state index contributed by atoms with van der Waals surface area (Å²) in [4.78, 5) is 21.2. The Labute approximate surface area is 181 Å². The molecule has 30 heavy (non-hydrogen) atoms. The summed E-state index contributed by atoms with van der Waals surface area (Å²) >= 11 is 0. The number of carboxylic acid groups (broad SMARTS) is 2. The van der Waals surface area contributed by atoms with Gasteiger partial charge in [0, 0.05) is 24.4 Å². The minimum Gasteiger partial charge on any atom is -0.478 e. The molecule has 0 spiro atoms. The van der Waals surface area contributed by atoms with E-state index in [-0.39, 0.29) is 5.57 Å². The second-order valence-corrected chi connectivity index (χ2v) is 9.19. The van der Waals surface area contributed by atoms with Crippen molar-refractivity contribution in [2.24, 2.45) is 22.7 Å². The molecule has 6 nitrogen and oxygen atoms in total. The van der Waals surface area contributed by atoms with E-state index in [1.165, 1.54) is 19.3 Å². The van der Waals surface area contributed by atoms with Crippen LogP contribution in [0.1, 0.15) is 66.7 Å². The smallest absolute Gasteiger partial charge is 0.330 e. The lowest BCUT2D eigenvalue weighted by atomic mass is 9.66. The highest BCUT2D eigenvalue weighted by molar-refractivity contribution is 5.86. The van der Waals surface area contributed by atoms with Crippen LogP contribution >= 0.6 is 0 Å². The largest absolute Gasteiger partial charge is 0.478 e. The molecule has 0 aliphatic heterocycles. The van der Waals surface area contributed by atoms with Gasteiger partial charge in [-0.15, -0.1) is 0 Å². The lowest BCUT2D eigenvalue weighted by molar-refractivity contribution is -0.133. The third kappa shape index (κ3) is 6.67. The van der Waals surface area contributed by atoms with Gasteiger partial charge < -0.3 is 19.7 Å². The van der Waals surface area contributed by atoms with Gasteiger partial charge in [-0.3, -0.25) is 0 Å². The number of rotatable bonds is 11. The van der Waals surface area contributed by atoms with Crippen molar-refractivity contribution in [1.82, 2.24) is 0 Å². The van der Waals surface area contributed by atoms with Gasteiger partial charge in [-0.2, -0.15) is 0 Å². The first-order valence-corrected chi connectivity index (χ1v) is 11.0. The van der Waals surface area contributed by atoms with Gasteiger partial charge in [0.25, 0.3) is 0 Å². The Morgan fingerprint density at radius 3 is 2.20 bits per heavy atom. The average molecular weight is 425 g/mol. The SMILES string of the molecule is C=C(CCCOCCOCC)C(=O)O.CC(=CC1CC2CCC1(C)C2(C)C)C(=O)O. The van der Waals surface area contributed by atoms with Crippen molar-refractivity contribution in [2.45, 2.75) is 66.7 Å². The molecule has 6 heteroatoms. The summed E-state index contributed by atoms with van der Waals surface area (Å²) < 4.78 is 10.3. The molecule has 3 atom stereocenters. The van der Waals surface area contributed by atoms with Crippen molar-refractivity contribution >= 4 is 11.9 Å². The minimum absolute atomic E-state index is 0.235. The van der Waals surface area contributed by atoms with E-state index < -0.39 is 11.9 Å². The second-order valence-electron chi connectivity index (χ2n) is 9.19. The molecule has 3 unspecified atom stereocenters. The molecule has 0 heterocycles. The minimum atomic E-state index is -0.931. The van der Waals surface area contributed by atoms with E-state index in [9.17, 15) is 9.59 Å². The molecular formula is C24H40O6. The lowest BCUT2D eigenvalue weighted by Gasteiger charge is -2.38. The predicted octanol–water partition coefficient (Wildman–Crippen LogP) is 4.94. The molecule has 0 saturated heterocycles. The Hall–Kier alpha value is -1.66. The van der Waals surface area contributed by atoms with Gasteiger partial charge in [-0.05, 0) is 68.6 Å². The predicted molar refractivity (Wildman–Crippen MR) is 117 cm³/mol. The van der Waals surface area contributed by atoms with Gasteiger partial charge in [-0.25, -0.2) is 9.59 Å². The summed E-state index contributed by atoms with van der Waals surface area (Å²) in [6.45, 7) is 16.5. The second kappa shape index (κ2) is 11.7. The van der Waals surface area contributed by atoms with Crippen LogP contribution in [0.5, 0.6) is 0 Å². The first-order chi connectivity index (χ1) is 14.0. The van der Waals surface area contributed by atoms with E-state index in [0.717, 1.165) is 5.92 Å². The first kappa shape index (κ1) is 26.4. The molecule has 172 valence electrons. The van der Waals surface area contributed by atoms with Crippen LogP contribution in [0, 0.1) is 22.7 Å². The van der Waals surface area contributed by atoms with E-state index in [2.05, 4.69) is 27.4 Å². The number of carboxylic acids is 2. The number of aliphatic carboxylic acids is 2. The molecule has 0 aromatic rings. The van der Waals surface area contributed by atoms with Crippen LogP contribution in [0.4, 0.5) is 0 Å². The number of hydrogen-bond acceptors (Lipinski definition) is 4. The van der Waals surface area contributed by atoms with Crippen LogP contribution in [0.25, 0.3) is 0 Å². The molecule has 2 fully saturated rings. The molecule has 0 aromatic heterocycles. The van der Waals surface area contributed by atoms with E-state index in [1.54, 1.807) is 6.92 Å². The van der Waals surface area contributed by atoms with Gasteiger partial charge in [0.1, 0.15) is 0 Å². The highest BCUT2D eigenvalue weighted by atomic mass is 16.5. The zero-order valence-corrected chi connectivity index (χ0v) is 19.3. The Balaban J connectivity index is 0.000000304. The van der Waals surface area contributed by atoms with Gasteiger partial charge in [0.05, 0.1) is 13.2 Å². The van der Waals surface area contributed by atoms with Gasteiger partial charge in [0.2, 0.25) is 0 Å². The molecule has 2 saturated carbocycles. The van der Waals surface area contributed by atoms with Gasteiger partial charge in [-0.1, -0.05) is 33.4 Å². The van der Waals surface area contributed by atoms with Crippen LogP contribution in [-0.4, -0.2) is 48.6 Å². The summed E-state index contributed by atoms with van der Waals surface area (Å²) in [6, 6.07) is 0. The summed E-state index contributed by atoms with van der Waals surface area (Å²) in [5.74, 6) is -0.471. The number of fused-ring (bicyclic) bond motifs is 2. The molecule has 2 rings (SSSR count). The Morgan fingerprint density at radius 1 is 1.10 bits per heavy atom. The van der Waals surface area contributed by atoms with Gasteiger partial charge in [0.15, 0.2) is 0 Å². The molecule has 2 aliphatic rings. The van der Waals surface area contributed by atoms with E-state index in [4.69, 9.17) is 19.7 Å². The third-order valence-electron chi connectivity index (χ3n) is 7.30. The maximum Gasteiger partial charge on any atom is 0.330 e. The van der Waals surface area contributed by atoms with Crippen molar-refractivity contribution in [3.63, 3.8) is 0 Å². The fourth-order valence-corrected chi connectivity index (χ4v) is 4.75. The summed E-state index contributed by atoms with van der Waals surface area (Å²) in [5, 5.41) is 17.5. The maximum atomic E-state index is 10.9. The normalized spacial score (nSPS) is 26.8. The monoisotopic (exact) mass is 424 g/mol. The molecule has 2 bridgehead atoms. The average Bonchev–Trinajstić information content (AvgIpc) is 3.01. The molecular weight excluding hydrogens is 384 g/mol. The van der Waals surface area contributed by atoms with Crippen LogP contribution in [0.3, 0.4) is 0 Å². The van der Waals surface area contributed by atoms with Crippen LogP contribution in [-0.2, 0) is 19.1 Å². The molecule has 2 N–H and O–H groups in total. The topological polar surface area (TPSA) is 93.1 Å². The van der Waals surface area contributed by atoms with E-state index >= 15 is 0 Å².